The minimum Gasteiger partial charge on any atom is -0.433 e. The number of carbonyl (C=O) groups is 2. The topological polar surface area (TPSA) is 98.1 Å². The van der Waals surface area contributed by atoms with E-state index in [1.807, 2.05) is 0 Å². The third kappa shape index (κ3) is 6.29. The van der Waals surface area contributed by atoms with Crippen LogP contribution in [0, 0.1) is 6.92 Å². The molecule has 1 aliphatic heterocycles. The molecule has 0 fully saturated rings. The van der Waals surface area contributed by atoms with Crippen LogP contribution in [0.5, 0.6) is 5.75 Å². The van der Waals surface area contributed by atoms with Gasteiger partial charge in [0.25, 0.3) is 5.91 Å². The van der Waals surface area contributed by atoms with E-state index in [1.54, 1.807) is 6.92 Å². The van der Waals surface area contributed by atoms with Gasteiger partial charge < -0.3 is 14.8 Å². The summed E-state index contributed by atoms with van der Waals surface area (Å²) in [7, 11) is 0. The Hall–Kier alpha value is -5.05. The van der Waals surface area contributed by atoms with Gasteiger partial charge in [-0.1, -0.05) is 23.7 Å². The number of alkyl halides is 6. The zero-order valence-electron chi connectivity index (χ0n) is 23.1. The predicted molar refractivity (Wildman–Crippen MR) is 149 cm³/mol. The fourth-order valence-corrected chi connectivity index (χ4v) is 4.66. The van der Waals surface area contributed by atoms with E-state index in [2.05, 4.69) is 20.3 Å². The molecular weight excluding hydrogens is 632 g/mol. The Morgan fingerprint density at radius 2 is 1.64 bits per heavy atom. The number of amides is 2. The van der Waals surface area contributed by atoms with E-state index in [1.165, 1.54) is 47.3 Å². The molecule has 0 aliphatic carbocycles. The lowest BCUT2D eigenvalue weighted by molar-refractivity contribution is -0.299. The van der Waals surface area contributed by atoms with Gasteiger partial charge in [-0.3, -0.25) is 9.59 Å². The first kappa shape index (κ1) is 31.4. The lowest BCUT2D eigenvalue weighted by atomic mass is 10.0. The second kappa shape index (κ2) is 11.5. The number of anilines is 1. The van der Waals surface area contributed by atoms with Gasteiger partial charge >= 0.3 is 18.3 Å². The summed E-state index contributed by atoms with van der Waals surface area (Å²) in [5.41, 5.74) is -2.40. The minimum atomic E-state index is -5.11. The van der Waals surface area contributed by atoms with Gasteiger partial charge in [0.15, 0.2) is 0 Å². The first-order chi connectivity index (χ1) is 21.1. The summed E-state index contributed by atoms with van der Waals surface area (Å²) in [6, 6.07) is 15.0. The molecular formula is C29H20ClF6N5O4. The number of benzene rings is 3. The van der Waals surface area contributed by atoms with E-state index in [0.717, 1.165) is 43.3 Å². The summed E-state index contributed by atoms with van der Waals surface area (Å²) in [6.45, 7) is 2.53. The van der Waals surface area contributed by atoms with Crippen molar-refractivity contribution in [3.8, 4) is 11.4 Å². The highest BCUT2D eigenvalue weighted by molar-refractivity contribution is 6.30. The van der Waals surface area contributed by atoms with Crippen molar-refractivity contribution in [1.82, 2.24) is 14.8 Å². The second-order valence-corrected chi connectivity index (χ2v) is 10.1. The molecule has 3 aromatic carbocycles. The number of aromatic nitrogens is 2. The van der Waals surface area contributed by atoms with Gasteiger partial charge in [-0.15, -0.1) is 18.3 Å². The van der Waals surface area contributed by atoms with Crippen LogP contribution in [0.1, 0.15) is 34.1 Å². The van der Waals surface area contributed by atoms with E-state index in [-0.39, 0.29) is 26.8 Å². The first-order valence-electron chi connectivity index (χ1n) is 12.8. The quantitative estimate of drug-likeness (QED) is 0.228. The standard InChI is InChI=1S/C29H20ClF6N5O4/c1-16-24(37-25(43)18-8-12-23(13-9-18)44-29(34,35)36)15-40(38-16)22-10-6-19(7-11-22)26-39-41(17(2)42)27(45-26,28(31,32)33)20-4-3-5-21(30)14-20/h3-15H,1-2H3,(H,37,43). The Balaban J connectivity index is 1.36. The van der Waals surface area contributed by atoms with Gasteiger partial charge in [-0.25, -0.2) is 4.68 Å². The third-order valence-corrected chi connectivity index (χ3v) is 6.74. The number of halogens is 7. The molecule has 2 heterocycles. The highest BCUT2D eigenvalue weighted by Crippen LogP contribution is 2.49. The van der Waals surface area contributed by atoms with Crippen LogP contribution >= 0.6 is 11.6 Å². The highest BCUT2D eigenvalue weighted by Gasteiger charge is 2.67. The molecule has 0 bridgehead atoms. The van der Waals surface area contributed by atoms with Crippen LogP contribution in [-0.2, 0) is 15.3 Å². The summed E-state index contributed by atoms with van der Waals surface area (Å²) >= 11 is 5.95. The van der Waals surface area contributed by atoms with Crippen molar-refractivity contribution >= 4 is 35.0 Å². The van der Waals surface area contributed by atoms with E-state index >= 15 is 0 Å². The number of ether oxygens (including phenoxy) is 2. The van der Waals surface area contributed by atoms with Gasteiger partial charge in [-0.05, 0) is 67.6 Å². The molecule has 1 aliphatic rings. The molecule has 1 unspecified atom stereocenters. The van der Waals surface area contributed by atoms with Gasteiger partial charge in [0.1, 0.15) is 5.75 Å². The minimum absolute atomic E-state index is 0.000422. The Kier molecular flexibility index (Phi) is 7.99. The van der Waals surface area contributed by atoms with Crippen molar-refractivity contribution in [3.63, 3.8) is 0 Å². The highest BCUT2D eigenvalue weighted by atomic mass is 35.5. The summed E-state index contributed by atoms with van der Waals surface area (Å²) in [4.78, 5) is 25.0. The van der Waals surface area contributed by atoms with Crippen molar-refractivity contribution < 1.29 is 45.4 Å². The van der Waals surface area contributed by atoms with Crippen LogP contribution < -0.4 is 10.1 Å². The molecule has 0 saturated heterocycles. The lowest BCUT2D eigenvalue weighted by Crippen LogP contribution is -2.54. The van der Waals surface area contributed by atoms with Crippen LogP contribution in [0.2, 0.25) is 5.02 Å². The van der Waals surface area contributed by atoms with Crippen LogP contribution in [0.3, 0.4) is 0 Å². The molecule has 1 atom stereocenters. The summed E-state index contributed by atoms with van der Waals surface area (Å²) < 4.78 is 91.6. The average Bonchev–Trinajstić information content (AvgIpc) is 3.55. The Morgan fingerprint density at radius 3 is 2.22 bits per heavy atom. The first-order valence-corrected chi connectivity index (χ1v) is 13.2. The molecule has 0 spiro atoms. The van der Waals surface area contributed by atoms with Crippen molar-refractivity contribution in [3.05, 3.63) is 106 Å². The maximum Gasteiger partial charge on any atom is 0.573 e. The number of nitrogens with zero attached hydrogens (tertiary/aromatic N) is 4. The molecule has 1 N–H and O–H groups in total. The second-order valence-electron chi connectivity index (χ2n) is 9.64. The van der Waals surface area contributed by atoms with Gasteiger partial charge in [-0.2, -0.15) is 23.3 Å². The molecule has 4 aromatic rings. The van der Waals surface area contributed by atoms with E-state index in [0.29, 0.717) is 11.4 Å². The van der Waals surface area contributed by atoms with Crippen molar-refractivity contribution in [2.75, 3.05) is 5.32 Å². The van der Waals surface area contributed by atoms with E-state index in [9.17, 15) is 35.9 Å². The molecule has 2 amide bonds. The Morgan fingerprint density at radius 1 is 0.978 bits per heavy atom. The Labute approximate surface area is 255 Å². The SMILES string of the molecule is CC(=O)N1N=C(c2ccc(-n3cc(NC(=O)c4ccc(OC(F)(F)F)cc4)c(C)n3)cc2)OC1(c1cccc(Cl)c1)C(F)(F)F. The molecule has 45 heavy (non-hydrogen) atoms. The van der Waals surface area contributed by atoms with Crippen molar-refractivity contribution in [1.29, 1.82) is 0 Å². The molecule has 1 aromatic heterocycles. The zero-order valence-corrected chi connectivity index (χ0v) is 23.8. The number of nitrogens with one attached hydrogen (secondary N) is 1. The monoisotopic (exact) mass is 651 g/mol. The van der Waals surface area contributed by atoms with Gasteiger partial charge in [0, 0.05) is 28.6 Å². The summed E-state index contributed by atoms with van der Waals surface area (Å²) in [5, 5.41) is 11.0. The van der Waals surface area contributed by atoms with Gasteiger partial charge in [0.05, 0.1) is 23.3 Å². The molecule has 5 rings (SSSR count). The molecule has 16 heteroatoms. The maximum absolute atomic E-state index is 14.6. The molecule has 0 radical (unpaired) electrons. The molecule has 0 saturated carbocycles. The predicted octanol–water partition coefficient (Wildman–Crippen LogP) is 6.94. The third-order valence-electron chi connectivity index (χ3n) is 6.51. The normalized spacial score (nSPS) is 16.6. The van der Waals surface area contributed by atoms with Crippen LogP contribution in [-0.4, -0.2) is 45.0 Å². The van der Waals surface area contributed by atoms with E-state index < -0.39 is 47.3 Å². The number of rotatable bonds is 6. The van der Waals surface area contributed by atoms with Crippen molar-refractivity contribution in [2.24, 2.45) is 5.10 Å². The fraction of sp³-hybridized carbons (Fsp3) is 0.172. The summed E-state index contributed by atoms with van der Waals surface area (Å²) in [6.07, 6.45) is -8.51. The average molecular weight is 652 g/mol. The van der Waals surface area contributed by atoms with E-state index in [4.69, 9.17) is 16.3 Å². The fourth-order valence-electron chi connectivity index (χ4n) is 4.47. The number of aryl methyl sites for hydroxylation is 1. The van der Waals surface area contributed by atoms with Crippen LogP contribution in [0.15, 0.2) is 84.1 Å². The smallest absolute Gasteiger partial charge is 0.433 e. The van der Waals surface area contributed by atoms with Crippen molar-refractivity contribution in [2.45, 2.75) is 32.1 Å². The van der Waals surface area contributed by atoms with Gasteiger partial charge in [0.2, 0.25) is 11.8 Å². The summed E-state index contributed by atoms with van der Waals surface area (Å²) in [5.74, 6) is -2.59. The zero-order chi connectivity index (χ0) is 32.7. The largest absolute Gasteiger partial charge is 0.573 e. The molecule has 234 valence electrons. The number of hydrogen-bond donors (Lipinski definition) is 1. The molecule has 9 nitrogen and oxygen atoms in total. The number of hydrazone groups is 1. The van der Waals surface area contributed by atoms with Crippen LogP contribution in [0.25, 0.3) is 5.69 Å². The number of carbonyl (C=O) groups excluding carboxylic acids is 2. The number of hydrogen-bond acceptors (Lipinski definition) is 6. The van der Waals surface area contributed by atoms with Crippen LogP contribution in [0.4, 0.5) is 32.0 Å². The Bertz CT molecular complexity index is 1790. The lowest BCUT2D eigenvalue weighted by Gasteiger charge is -2.36. The maximum atomic E-state index is 14.6.